The number of amides is 1. The molecule has 19 heavy (non-hydrogen) atoms. The average Bonchev–Trinajstić information content (AvgIpc) is 2.36. The summed E-state index contributed by atoms with van der Waals surface area (Å²) in [5.74, 6) is 0.697. The van der Waals surface area contributed by atoms with Crippen LogP contribution in [0.5, 0.6) is 0 Å². The minimum absolute atomic E-state index is 0.0424. The zero-order valence-electron chi connectivity index (χ0n) is 12.8. The molecule has 1 aromatic rings. The van der Waals surface area contributed by atoms with Crippen LogP contribution in [0.3, 0.4) is 0 Å². The van der Waals surface area contributed by atoms with Crippen molar-refractivity contribution in [3.63, 3.8) is 0 Å². The lowest BCUT2D eigenvalue weighted by molar-refractivity contribution is 0.0614. The molecule has 0 atom stereocenters. The molecule has 1 N–H and O–H groups in total. The predicted octanol–water partition coefficient (Wildman–Crippen LogP) is 3.16. The third-order valence-corrected chi connectivity index (χ3v) is 3.48. The van der Waals surface area contributed by atoms with Crippen molar-refractivity contribution in [2.75, 3.05) is 12.4 Å². The maximum atomic E-state index is 12.4. The molecule has 0 aliphatic heterocycles. The number of carbonyl (C=O) groups excluding carboxylic acids is 1. The number of pyridine rings is 1. The zero-order valence-corrected chi connectivity index (χ0v) is 12.8. The van der Waals surface area contributed by atoms with Crippen molar-refractivity contribution in [1.82, 2.24) is 9.88 Å². The van der Waals surface area contributed by atoms with Crippen molar-refractivity contribution in [3.05, 3.63) is 23.9 Å². The average molecular weight is 263 g/mol. The van der Waals surface area contributed by atoms with Gasteiger partial charge in [-0.1, -0.05) is 13.0 Å². The van der Waals surface area contributed by atoms with Gasteiger partial charge >= 0.3 is 0 Å². The lowest BCUT2D eigenvalue weighted by Crippen LogP contribution is -2.44. The van der Waals surface area contributed by atoms with Crippen LogP contribution in [0.25, 0.3) is 0 Å². The molecular weight excluding hydrogens is 238 g/mol. The molecule has 0 aromatic carbocycles. The first kappa shape index (κ1) is 15.5. The molecule has 0 spiro atoms. The Bertz CT molecular complexity index is 441. The Morgan fingerprint density at radius 2 is 2.05 bits per heavy atom. The second-order valence-electron chi connectivity index (χ2n) is 5.74. The van der Waals surface area contributed by atoms with E-state index in [-0.39, 0.29) is 11.4 Å². The molecular formula is C15H25N3O. The van der Waals surface area contributed by atoms with Gasteiger partial charge in [0.15, 0.2) is 0 Å². The Morgan fingerprint density at radius 1 is 1.42 bits per heavy atom. The fourth-order valence-electron chi connectivity index (χ4n) is 1.61. The van der Waals surface area contributed by atoms with E-state index >= 15 is 0 Å². The molecule has 0 fully saturated rings. The molecule has 0 saturated carbocycles. The number of aromatic nitrogens is 1. The summed E-state index contributed by atoms with van der Waals surface area (Å²) in [6.45, 7) is 10.3. The smallest absolute Gasteiger partial charge is 0.272 e. The molecule has 0 aliphatic carbocycles. The van der Waals surface area contributed by atoms with E-state index in [0.717, 1.165) is 12.2 Å². The van der Waals surface area contributed by atoms with Gasteiger partial charge in [-0.3, -0.25) is 4.79 Å². The maximum Gasteiger partial charge on any atom is 0.272 e. The van der Waals surface area contributed by atoms with E-state index in [1.807, 2.05) is 33.0 Å². The minimum atomic E-state index is -0.166. The van der Waals surface area contributed by atoms with Crippen molar-refractivity contribution >= 4 is 11.7 Å². The predicted molar refractivity (Wildman–Crippen MR) is 79.5 cm³/mol. The maximum absolute atomic E-state index is 12.4. The van der Waals surface area contributed by atoms with E-state index in [9.17, 15) is 4.79 Å². The SMILES string of the molecule is CCC(C)(C)N(C)C(=O)c1cccc(NC(C)C)n1. The first-order valence-electron chi connectivity index (χ1n) is 6.79. The number of nitrogens with zero attached hydrogens (tertiary/aromatic N) is 2. The Balaban J connectivity index is 2.94. The van der Waals surface area contributed by atoms with Gasteiger partial charge in [0.05, 0.1) is 0 Å². The van der Waals surface area contributed by atoms with Gasteiger partial charge in [0.1, 0.15) is 11.5 Å². The highest BCUT2D eigenvalue weighted by Crippen LogP contribution is 2.19. The van der Waals surface area contributed by atoms with Crippen LogP contribution in [0.4, 0.5) is 5.82 Å². The molecule has 0 aliphatic rings. The van der Waals surface area contributed by atoms with E-state index in [1.165, 1.54) is 0 Å². The van der Waals surface area contributed by atoms with Gasteiger partial charge in [-0.25, -0.2) is 4.98 Å². The van der Waals surface area contributed by atoms with Crippen LogP contribution in [0.2, 0.25) is 0 Å². The lowest BCUT2D eigenvalue weighted by atomic mass is 9.99. The molecule has 0 unspecified atom stereocenters. The number of nitrogens with one attached hydrogen (secondary N) is 1. The van der Waals surface area contributed by atoms with Gasteiger partial charge in [0.2, 0.25) is 0 Å². The lowest BCUT2D eigenvalue weighted by Gasteiger charge is -2.34. The number of hydrogen-bond acceptors (Lipinski definition) is 3. The molecule has 1 rings (SSSR count). The first-order valence-corrected chi connectivity index (χ1v) is 6.79. The van der Waals surface area contributed by atoms with Gasteiger partial charge in [-0.15, -0.1) is 0 Å². The van der Waals surface area contributed by atoms with Crippen LogP contribution < -0.4 is 5.32 Å². The van der Waals surface area contributed by atoms with E-state index in [0.29, 0.717) is 11.7 Å². The highest BCUT2D eigenvalue weighted by molar-refractivity contribution is 5.93. The number of hydrogen-bond donors (Lipinski definition) is 1. The Labute approximate surface area is 116 Å². The van der Waals surface area contributed by atoms with Gasteiger partial charge in [0.25, 0.3) is 5.91 Å². The Morgan fingerprint density at radius 3 is 2.58 bits per heavy atom. The van der Waals surface area contributed by atoms with Crippen molar-refractivity contribution in [2.24, 2.45) is 0 Å². The monoisotopic (exact) mass is 263 g/mol. The van der Waals surface area contributed by atoms with E-state index < -0.39 is 0 Å². The van der Waals surface area contributed by atoms with Crippen LogP contribution in [-0.2, 0) is 0 Å². The van der Waals surface area contributed by atoms with Crippen molar-refractivity contribution < 1.29 is 4.79 Å². The standard InChI is InChI=1S/C15H25N3O/c1-7-15(4,5)18(6)14(19)12-9-8-10-13(17-12)16-11(2)3/h8-11H,7H2,1-6H3,(H,16,17). The highest BCUT2D eigenvalue weighted by atomic mass is 16.2. The summed E-state index contributed by atoms with van der Waals surface area (Å²) in [6, 6.07) is 5.79. The van der Waals surface area contributed by atoms with Crippen molar-refractivity contribution in [3.8, 4) is 0 Å². The Hall–Kier alpha value is -1.58. The second-order valence-corrected chi connectivity index (χ2v) is 5.74. The molecule has 1 heterocycles. The summed E-state index contributed by atoms with van der Waals surface area (Å²) < 4.78 is 0. The van der Waals surface area contributed by atoms with Crippen LogP contribution in [0.1, 0.15) is 51.5 Å². The minimum Gasteiger partial charge on any atom is -0.368 e. The number of rotatable bonds is 5. The topological polar surface area (TPSA) is 45.2 Å². The first-order chi connectivity index (χ1) is 8.77. The second kappa shape index (κ2) is 6.04. The summed E-state index contributed by atoms with van der Waals surface area (Å²) in [6.07, 6.45) is 0.902. The summed E-state index contributed by atoms with van der Waals surface area (Å²) in [5.41, 5.74) is 0.315. The summed E-state index contributed by atoms with van der Waals surface area (Å²) >= 11 is 0. The summed E-state index contributed by atoms with van der Waals surface area (Å²) in [5, 5.41) is 3.21. The summed E-state index contributed by atoms with van der Waals surface area (Å²) in [7, 11) is 1.83. The van der Waals surface area contributed by atoms with Gasteiger partial charge in [0, 0.05) is 18.6 Å². The van der Waals surface area contributed by atoms with Gasteiger partial charge in [-0.2, -0.15) is 0 Å². The third kappa shape index (κ3) is 3.94. The van der Waals surface area contributed by atoms with Crippen LogP contribution in [0.15, 0.2) is 18.2 Å². The van der Waals surface area contributed by atoms with Crippen LogP contribution in [-0.4, -0.2) is 34.4 Å². The summed E-state index contributed by atoms with van der Waals surface area (Å²) in [4.78, 5) is 18.6. The Kier molecular flexibility index (Phi) is 4.92. The quantitative estimate of drug-likeness (QED) is 0.887. The van der Waals surface area contributed by atoms with E-state index in [1.54, 1.807) is 11.0 Å². The largest absolute Gasteiger partial charge is 0.368 e. The van der Waals surface area contributed by atoms with Crippen molar-refractivity contribution in [2.45, 2.75) is 52.6 Å². The van der Waals surface area contributed by atoms with E-state index in [2.05, 4.69) is 31.1 Å². The number of anilines is 1. The molecule has 1 aromatic heterocycles. The van der Waals surface area contributed by atoms with Gasteiger partial charge in [-0.05, 0) is 46.2 Å². The molecule has 106 valence electrons. The molecule has 4 heteroatoms. The fraction of sp³-hybridized carbons (Fsp3) is 0.600. The molecule has 0 saturated heterocycles. The molecule has 0 radical (unpaired) electrons. The number of carbonyl (C=O) groups is 1. The van der Waals surface area contributed by atoms with Crippen LogP contribution >= 0.6 is 0 Å². The van der Waals surface area contributed by atoms with E-state index in [4.69, 9.17) is 0 Å². The normalized spacial score (nSPS) is 11.5. The molecule has 4 nitrogen and oxygen atoms in total. The van der Waals surface area contributed by atoms with Crippen LogP contribution in [0, 0.1) is 0 Å². The molecule has 1 amide bonds. The zero-order chi connectivity index (χ0) is 14.6. The highest BCUT2D eigenvalue weighted by Gasteiger charge is 2.27. The fourth-order valence-corrected chi connectivity index (χ4v) is 1.61. The van der Waals surface area contributed by atoms with Crippen molar-refractivity contribution in [1.29, 1.82) is 0 Å². The third-order valence-electron chi connectivity index (χ3n) is 3.48. The van der Waals surface area contributed by atoms with Gasteiger partial charge < -0.3 is 10.2 Å². The molecule has 0 bridgehead atoms.